The molecule has 1 unspecified atom stereocenters. The van der Waals surface area contributed by atoms with Crippen molar-refractivity contribution in [3.05, 3.63) is 29.6 Å². The van der Waals surface area contributed by atoms with Gasteiger partial charge in [-0.15, -0.1) is 0 Å². The molecule has 1 fully saturated rings. The Bertz CT molecular complexity index is 688. The Balaban J connectivity index is 1.98. The minimum atomic E-state index is -3.06. The number of carbonyl (C=O) groups is 2. The molecule has 7 nitrogen and oxygen atoms in total. The van der Waals surface area contributed by atoms with E-state index in [1.807, 2.05) is 6.92 Å². The molecule has 1 saturated heterocycles. The highest BCUT2D eigenvalue weighted by molar-refractivity contribution is 7.91. The van der Waals surface area contributed by atoms with Gasteiger partial charge < -0.3 is 10.6 Å². The molecule has 8 heteroatoms. The first-order valence-corrected chi connectivity index (χ1v) is 9.50. The van der Waals surface area contributed by atoms with Crippen LogP contribution in [0.3, 0.4) is 0 Å². The highest BCUT2D eigenvalue weighted by Crippen LogP contribution is 2.12. The van der Waals surface area contributed by atoms with Crippen molar-refractivity contribution in [2.24, 2.45) is 0 Å². The average molecular weight is 339 g/mol. The van der Waals surface area contributed by atoms with Gasteiger partial charge in [-0.25, -0.2) is 13.4 Å². The summed E-state index contributed by atoms with van der Waals surface area (Å²) >= 11 is 0. The lowest BCUT2D eigenvalue weighted by Gasteiger charge is -2.11. The first-order chi connectivity index (χ1) is 10.9. The Morgan fingerprint density at radius 1 is 1.26 bits per heavy atom. The van der Waals surface area contributed by atoms with E-state index >= 15 is 0 Å². The van der Waals surface area contributed by atoms with Gasteiger partial charge in [-0.1, -0.05) is 19.4 Å². The number of hydrogen-bond donors (Lipinski definition) is 2. The number of hydrogen-bond acceptors (Lipinski definition) is 5. The van der Waals surface area contributed by atoms with Crippen molar-refractivity contribution in [1.29, 1.82) is 0 Å². The highest BCUT2D eigenvalue weighted by Gasteiger charge is 2.29. The van der Waals surface area contributed by atoms with Crippen LogP contribution in [0.2, 0.25) is 0 Å². The maximum absolute atomic E-state index is 12.1. The number of rotatable bonds is 6. The molecule has 2 rings (SSSR count). The van der Waals surface area contributed by atoms with Crippen molar-refractivity contribution < 1.29 is 18.0 Å². The fourth-order valence-electron chi connectivity index (χ4n) is 2.33. The van der Waals surface area contributed by atoms with Crippen molar-refractivity contribution in [3.8, 4) is 0 Å². The van der Waals surface area contributed by atoms with Crippen LogP contribution in [-0.4, -0.2) is 49.3 Å². The minimum Gasteiger partial charge on any atom is -0.351 e. The second-order valence-corrected chi connectivity index (χ2v) is 7.82. The Labute approximate surface area is 135 Å². The Kier molecular flexibility index (Phi) is 5.70. The Morgan fingerprint density at radius 3 is 2.57 bits per heavy atom. The molecule has 0 aromatic carbocycles. The number of aromatic nitrogens is 1. The molecule has 126 valence electrons. The molecular weight excluding hydrogens is 318 g/mol. The zero-order chi connectivity index (χ0) is 16.9. The van der Waals surface area contributed by atoms with E-state index in [-0.39, 0.29) is 28.8 Å². The first-order valence-electron chi connectivity index (χ1n) is 7.68. The van der Waals surface area contributed by atoms with Gasteiger partial charge in [0.05, 0.1) is 11.5 Å². The summed E-state index contributed by atoms with van der Waals surface area (Å²) in [4.78, 5) is 28.1. The van der Waals surface area contributed by atoms with Gasteiger partial charge in [-0.05, 0) is 25.0 Å². The molecule has 0 spiro atoms. The number of carbonyl (C=O) groups excluding carboxylic acids is 2. The van der Waals surface area contributed by atoms with Crippen molar-refractivity contribution >= 4 is 21.7 Å². The van der Waals surface area contributed by atoms with E-state index in [1.165, 1.54) is 12.1 Å². The predicted molar refractivity (Wildman–Crippen MR) is 86.0 cm³/mol. The monoisotopic (exact) mass is 339 g/mol. The second kappa shape index (κ2) is 7.54. The lowest BCUT2D eigenvalue weighted by molar-refractivity contribution is 0.0935. The van der Waals surface area contributed by atoms with Gasteiger partial charge in [-0.2, -0.15) is 0 Å². The standard InChI is InChI=1S/C15H21N3O4S/c1-2-3-8-16-14(19)12-5-4-6-13(18-12)15(20)17-11-7-9-23(21,22)10-11/h4-6,11H,2-3,7-10H2,1H3,(H,16,19)(H,17,20). The summed E-state index contributed by atoms with van der Waals surface area (Å²) in [6, 6.07) is 4.23. The van der Waals surface area contributed by atoms with Crippen LogP contribution in [0.15, 0.2) is 18.2 Å². The third kappa shape index (κ3) is 5.02. The van der Waals surface area contributed by atoms with Gasteiger partial charge in [0.15, 0.2) is 9.84 Å². The van der Waals surface area contributed by atoms with Gasteiger partial charge in [0.1, 0.15) is 11.4 Å². The van der Waals surface area contributed by atoms with Gasteiger partial charge in [0, 0.05) is 12.6 Å². The van der Waals surface area contributed by atoms with E-state index in [0.29, 0.717) is 13.0 Å². The second-order valence-electron chi connectivity index (χ2n) is 5.59. The zero-order valence-corrected chi connectivity index (χ0v) is 13.9. The van der Waals surface area contributed by atoms with Crippen LogP contribution in [-0.2, 0) is 9.84 Å². The van der Waals surface area contributed by atoms with Crippen molar-refractivity contribution in [3.63, 3.8) is 0 Å². The third-order valence-electron chi connectivity index (χ3n) is 3.60. The summed E-state index contributed by atoms with van der Waals surface area (Å²) < 4.78 is 22.8. The summed E-state index contributed by atoms with van der Waals surface area (Å²) in [6.07, 6.45) is 2.26. The van der Waals surface area contributed by atoms with Crippen molar-refractivity contribution in [1.82, 2.24) is 15.6 Å². The van der Waals surface area contributed by atoms with E-state index in [2.05, 4.69) is 15.6 Å². The molecule has 2 N–H and O–H groups in total. The van der Waals surface area contributed by atoms with Gasteiger partial charge >= 0.3 is 0 Å². The van der Waals surface area contributed by atoms with Gasteiger partial charge in [0.25, 0.3) is 11.8 Å². The summed E-state index contributed by atoms with van der Waals surface area (Å²) in [7, 11) is -3.06. The average Bonchev–Trinajstić information content (AvgIpc) is 2.86. The molecule has 1 aliphatic rings. The fraction of sp³-hybridized carbons (Fsp3) is 0.533. The number of unbranched alkanes of at least 4 members (excludes halogenated alkanes) is 1. The van der Waals surface area contributed by atoms with E-state index in [1.54, 1.807) is 6.07 Å². The normalized spacial score (nSPS) is 19.3. The highest BCUT2D eigenvalue weighted by atomic mass is 32.2. The zero-order valence-electron chi connectivity index (χ0n) is 13.0. The van der Waals surface area contributed by atoms with Crippen LogP contribution < -0.4 is 10.6 Å². The minimum absolute atomic E-state index is 0.0457. The molecular formula is C15H21N3O4S. The van der Waals surface area contributed by atoms with Crippen LogP contribution in [0.25, 0.3) is 0 Å². The number of pyridine rings is 1. The molecule has 0 radical (unpaired) electrons. The fourth-order valence-corrected chi connectivity index (χ4v) is 4.00. The molecule has 1 aromatic rings. The van der Waals surface area contributed by atoms with Crippen LogP contribution >= 0.6 is 0 Å². The lowest BCUT2D eigenvalue weighted by atomic mass is 10.2. The van der Waals surface area contributed by atoms with E-state index in [4.69, 9.17) is 0 Å². The van der Waals surface area contributed by atoms with Gasteiger partial charge in [-0.3, -0.25) is 9.59 Å². The molecule has 1 aliphatic heterocycles. The largest absolute Gasteiger partial charge is 0.351 e. The van der Waals surface area contributed by atoms with Crippen LogP contribution in [0, 0.1) is 0 Å². The maximum atomic E-state index is 12.1. The summed E-state index contributed by atoms with van der Waals surface area (Å²) in [5.41, 5.74) is 0.283. The summed E-state index contributed by atoms with van der Waals surface area (Å²) in [5.74, 6) is -0.742. The quantitative estimate of drug-likeness (QED) is 0.736. The van der Waals surface area contributed by atoms with Crippen LogP contribution in [0.1, 0.15) is 47.2 Å². The first kappa shape index (κ1) is 17.4. The number of nitrogens with zero attached hydrogens (tertiary/aromatic N) is 1. The molecule has 1 aromatic heterocycles. The smallest absolute Gasteiger partial charge is 0.270 e. The Morgan fingerprint density at radius 2 is 1.96 bits per heavy atom. The van der Waals surface area contributed by atoms with E-state index in [9.17, 15) is 18.0 Å². The molecule has 23 heavy (non-hydrogen) atoms. The number of amides is 2. The molecule has 0 bridgehead atoms. The Hall–Kier alpha value is -1.96. The topological polar surface area (TPSA) is 105 Å². The van der Waals surface area contributed by atoms with Gasteiger partial charge in [0.2, 0.25) is 0 Å². The number of nitrogens with one attached hydrogen (secondary N) is 2. The van der Waals surface area contributed by atoms with E-state index < -0.39 is 21.8 Å². The molecule has 0 saturated carbocycles. The SMILES string of the molecule is CCCCNC(=O)c1cccc(C(=O)NC2CCS(=O)(=O)C2)n1. The lowest BCUT2D eigenvalue weighted by Crippen LogP contribution is -2.36. The van der Waals surface area contributed by atoms with E-state index in [0.717, 1.165) is 12.8 Å². The summed E-state index contributed by atoms with van der Waals surface area (Å²) in [6.45, 7) is 2.59. The van der Waals surface area contributed by atoms with Crippen LogP contribution in [0.4, 0.5) is 0 Å². The van der Waals surface area contributed by atoms with Crippen molar-refractivity contribution in [2.45, 2.75) is 32.2 Å². The molecule has 2 heterocycles. The maximum Gasteiger partial charge on any atom is 0.270 e. The predicted octanol–water partition coefficient (Wildman–Crippen LogP) is 0.528. The number of sulfone groups is 1. The third-order valence-corrected chi connectivity index (χ3v) is 5.37. The molecule has 2 amide bonds. The summed E-state index contributed by atoms with van der Waals surface area (Å²) in [5, 5.41) is 5.39. The van der Waals surface area contributed by atoms with Crippen LogP contribution in [0.5, 0.6) is 0 Å². The van der Waals surface area contributed by atoms with Crippen molar-refractivity contribution in [2.75, 3.05) is 18.1 Å². The molecule has 1 atom stereocenters. The molecule has 0 aliphatic carbocycles.